The molecule has 0 radical (unpaired) electrons. The van der Waals surface area contributed by atoms with Crippen molar-refractivity contribution < 1.29 is 9.47 Å². The van der Waals surface area contributed by atoms with Crippen molar-refractivity contribution in [3.8, 4) is 11.5 Å². The monoisotopic (exact) mass is 416 g/mol. The van der Waals surface area contributed by atoms with E-state index >= 15 is 0 Å². The number of benzene rings is 2. The van der Waals surface area contributed by atoms with Crippen LogP contribution in [0.5, 0.6) is 11.5 Å². The maximum Gasteiger partial charge on any atom is 0.154 e. The number of rotatable bonds is 6. The quantitative estimate of drug-likeness (QED) is 0.533. The highest BCUT2D eigenvalue weighted by molar-refractivity contribution is 5.37. The van der Waals surface area contributed by atoms with Crippen LogP contribution in [-0.2, 0) is 13.0 Å². The second-order valence-electron chi connectivity index (χ2n) is 8.63. The summed E-state index contributed by atoms with van der Waals surface area (Å²) in [5, 5.41) is 0. The summed E-state index contributed by atoms with van der Waals surface area (Å²) in [5.74, 6) is 1.99. The fourth-order valence-electron chi connectivity index (χ4n) is 5.06. The molecule has 4 heteroatoms. The Kier molecular flexibility index (Phi) is 5.99. The van der Waals surface area contributed by atoms with Crippen LogP contribution in [0.25, 0.3) is 0 Å². The highest BCUT2D eigenvalue weighted by Gasteiger charge is 2.35. The number of hydrogen-bond donors (Lipinski definition) is 0. The Labute approximate surface area is 185 Å². The fourth-order valence-corrected chi connectivity index (χ4v) is 5.06. The van der Waals surface area contributed by atoms with Crippen LogP contribution in [0.3, 0.4) is 0 Å². The van der Waals surface area contributed by atoms with Crippen LogP contribution < -0.4 is 9.47 Å². The summed E-state index contributed by atoms with van der Waals surface area (Å²) in [4.78, 5) is 2.66. The van der Waals surface area contributed by atoms with Crippen LogP contribution in [0, 0.1) is 0 Å². The smallest absolute Gasteiger partial charge is 0.154 e. The summed E-state index contributed by atoms with van der Waals surface area (Å²) in [7, 11) is 0. The van der Waals surface area contributed by atoms with Gasteiger partial charge in [-0.15, -0.1) is 0 Å². The van der Waals surface area contributed by atoms with Crippen LogP contribution in [0.1, 0.15) is 49.1 Å². The molecule has 0 bridgehead atoms. The zero-order valence-electron chi connectivity index (χ0n) is 18.4. The minimum Gasteiger partial charge on any atom is -0.494 e. The van der Waals surface area contributed by atoms with Crippen LogP contribution in [-0.4, -0.2) is 35.2 Å². The number of hydrogen-bond acceptors (Lipinski definition) is 3. The summed E-state index contributed by atoms with van der Waals surface area (Å²) in [6.07, 6.45) is 7.03. The lowest BCUT2D eigenvalue weighted by Gasteiger charge is -2.40. The Bertz CT molecular complexity index is 994. The van der Waals surface area contributed by atoms with Crippen molar-refractivity contribution in [3.05, 3.63) is 83.7 Å². The molecule has 0 amide bonds. The standard InChI is InChI=1S/C27H32N2O2/c1-2-30-23-14-12-21(13-15-23)16-19-28-17-6-5-9-24(28)27-25-10-7-18-29(25)20-22-8-3-4-11-26(22)31-27/h3-4,7-8,10-15,18,24,27H,2,5-6,9,16-17,19-20H2,1H3. The van der Waals surface area contributed by atoms with Gasteiger partial charge in [0, 0.05) is 18.3 Å². The zero-order valence-corrected chi connectivity index (χ0v) is 18.4. The number of aromatic nitrogens is 1. The van der Waals surface area contributed by atoms with E-state index < -0.39 is 0 Å². The largest absolute Gasteiger partial charge is 0.494 e. The third-order valence-electron chi connectivity index (χ3n) is 6.66. The Morgan fingerprint density at radius 3 is 2.74 bits per heavy atom. The molecular weight excluding hydrogens is 384 g/mol. The van der Waals surface area contributed by atoms with Crippen molar-refractivity contribution in [1.82, 2.24) is 9.47 Å². The van der Waals surface area contributed by atoms with E-state index in [1.807, 2.05) is 6.92 Å². The summed E-state index contributed by atoms with van der Waals surface area (Å²) in [5.41, 5.74) is 3.93. The number of nitrogens with zero attached hydrogens (tertiary/aromatic N) is 2. The number of likely N-dealkylation sites (tertiary alicyclic amines) is 1. The van der Waals surface area contributed by atoms with E-state index in [1.54, 1.807) is 0 Å². The molecule has 2 aliphatic heterocycles. The third kappa shape index (κ3) is 4.35. The van der Waals surface area contributed by atoms with E-state index in [9.17, 15) is 0 Å². The van der Waals surface area contributed by atoms with Crippen molar-refractivity contribution in [2.24, 2.45) is 0 Å². The molecule has 3 heterocycles. The molecule has 2 aliphatic rings. The van der Waals surface area contributed by atoms with Gasteiger partial charge in [-0.1, -0.05) is 36.8 Å². The van der Waals surface area contributed by atoms with Crippen molar-refractivity contribution in [3.63, 3.8) is 0 Å². The lowest BCUT2D eigenvalue weighted by atomic mass is 9.94. The SMILES string of the molecule is CCOc1ccc(CCN2CCCCC2C2Oc3ccccc3Cn3cccc32)cc1. The first-order chi connectivity index (χ1) is 15.3. The molecule has 5 rings (SSSR count). The topological polar surface area (TPSA) is 26.6 Å². The van der Waals surface area contributed by atoms with E-state index in [2.05, 4.69) is 76.3 Å². The second kappa shape index (κ2) is 9.19. The van der Waals surface area contributed by atoms with Crippen molar-refractivity contribution >= 4 is 0 Å². The lowest BCUT2D eigenvalue weighted by molar-refractivity contribution is 0.0385. The number of ether oxygens (including phenoxy) is 2. The number of fused-ring (bicyclic) bond motifs is 2. The molecule has 1 saturated heterocycles. The van der Waals surface area contributed by atoms with E-state index in [-0.39, 0.29) is 6.10 Å². The Morgan fingerprint density at radius 1 is 1.00 bits per heavy atom. The molecule has 31 heavy (non-hydrogen) atoms. The Balaban J connectivity index is 1.35. The van der Waals surface area contributed by atoms with Gasteiger partial charge in [0.1, 0.15) is 11.5 Å². The lowest BCUT2D eigenvalue weighted by Crippen LogP contribution is -2.46. The average Bonchev–Trinajstić information content (AvgIpc) is 3.20. The van der Waals surface area contributed by atoms with Gasteiger partial charge < -0.3 is 14.0 Å². The normalized spacial score (nSPS) is 20.9. The van der Waals surface area contributed by atoms with Gasteiger partial charge in [0.2, 0.25) is 0 Å². The van der Waals surface area contributed by atoms with Gasteiger partial charge in [0.15, 0.2) is 6.10 Å². The molecule has 4 nitrogen and oxygen atoms in total. The first-order valence-corrected chi connectivity index (χ1v) is 11.7. The predicted molar refractivity (Wildman–Crippen MR) is 124 cm³/mol. The van der Waals surface area contributed by atoms with Crippen LogP contribution >= 0.6 is 0 Å². The van der Waals surface area contributed by atoms with Crippen molar-refractivity contribution in [2.45, 2.75) is 51.3 Å². The molecule has 1 fully saturated rings. The molecule has 1 aromatic heterocycles. The molecule has 0 saturated carbocycles. The van der Waals surface area contributed by atoms with Gasteiger partial charge >= 0.3 is 0 Å². The third-order valence-corrected chi connectivity index (χ3v) is 6.66. The van der Waals surface area contributed by atoms with Crippen molar-refractivity contribution in [1.29, 1.82) is 0 Å². The minimum atomic E-state index is 0.0688. The maximum atomic E-state index is 6.73. The van der Waals surface area contributed by atoms with E-state index in [0.717, 1.165) is 37.6 Å². The predicted octanol–water partition coefficient (Wildman–Crippen LogP) is 5.47. The maximum absolute atomic E-state index is 6.73. The summed E-state index contributed by atoms with van der Waals surface area (Å²) < 4.78 is 14.7. The van der Waals surface area contributed by atoms with E-state index in [4.69, 9.17) is 9.47 Å². The van der Waals surface area contributed by atoms with Crippen LogP contribution in [0.15, 0.2) is 66.9 Å². The van der Waals surface area contributed by atoms with Crippen LogP contribution in [0.4, 0.5) is 0 Å². The second-order valence-corrected chi connectivity index (χ2v) is 8.63. The highest BCUT2D eigenvalue weighted by atomic mass is 16.5. The van der Waals surface area contributed by atoms with Gasteiger partial charge in [-0.25, -0.2) is 0 Å². The summed E-state index contributed by atoms with van der Waals surface area (Å²) >= 11 is 0. The van der Waals surface area contributed by atoms with E-state index in [1.165, 1.54) is 36.1 Å². The minimum absolute atomic E-state index is 0.0688. The van der Waals surface area contributed by atoms with Gasteiger partial charge in [-0.2, -0.15) is 0 Å². The molecule has 2 atom stereocenters. The first kappa shape index (κ1) is 20.2. The number of piperidine rings is 1. The van der Waals surface area contributed by atoms with Gasteiger partial charge in [-0.05, 0) is 68.6 Å². The van der Waals surface area contributed by atoms with Crippen LogP contribution in [0.2, 0.25) is 0 Å². The molecular formula is C27H32N2O2. The number of para-hydroxylation sites is 1. The fraction of sp³-hybridized carbons (Fsp3) is 0.407. The van der Waals surface area contributed by atoms with Gasteiger partial charge in [0.05, 0.1) is 24.9 Å². The molecule has 0 spiro atoms. The first-order valence-electron chi connectivity index (χ1n) is 11.7. The van der Waals surface area contributed by atoms with E-state index in [0.29, 0.717) is 12.6 Å². The average molecular weight is 417 g/mol. The summed E-state index contributed by atoms with van der Waals surface area (Å²) in [6.45, 7) is 5.81. The molecule has 3 aromatic rings. The summed E-state index contributed by atoms with van der Waals surface area (Å²) in [6, 6.07) is 21.9. The molecule has 162 valence electrons. The highest BCUT2D eigenvalue weighted by Crippen LogP contribution is 2.37. The molecule has 0 N–H and O–H groups in total. The molecule has 2 unspecified atom stereocenters. The molecule has 0 aliphatic carbocycles. The zero-order chi connectivity index (χ0) is 21.0. The molecule has 2 aromatic carbocycles. The van der Waals surface area contributed by atoms with Gasteiger partial charge in [-0.3, -0.25) is 4.90 Å². The van der Waals surface area contributed by atoms with Gasteiger partial charge in [0.25, 0.3) is 0 Å². The Morgan fingerprint density at radius 2 is 1.87 bits per heavy atom. The van der Waals surface area contributed by atoms with Crippen molar-refractivity contribution in [2.75, 3.05) is 19.7 Å². The Hall–Kier alpha value is -2.72.